The molecule has 9 heteroatoms. The third-order valence-corrected chi connectivity index (χ3v) is 2.20. The zero-order valence-electron chi connectivity index (χ0n) is 9.94. The molecule has 0 fully saturated rings. The molecule has 0 atom stereocenters. The lowest BCUT2D eigenvalue weighted by molar-refractivity contribution is -0.141. The van der Waals surface area contributed by atoms with E-state index in [9.17, 15) is 13.2 Å². The Hall–Kier alpha value is -2.32. The van der Waals surface area contributed by atoms with Crippen molar-refractivity contribution in [1.29, 1.82) is 0 Å². The first-order valence-electron chi connectivity index (χ1n) is 5.42. The van der Waals surface area contributed by atoms with E-state index in [2.05, 4.69) is 20.4 Å². The van der Waals surface area contributed by atoms with E-state index in [4.69, 9.17) is 5.73 Å². The van der Waals surface area contributed by atoms with Gasteiger partial charge >= 0.3 is 6.18 Å². The Morgan fingerprint density at radius 3 is 2.68 bits per heavy atom. The van der Waals surface area contributed by atoms with Gasteiger partial charge in [-0.2, -0.15) is 28.2 Å². The van der Waals surface area contributed by atoms with E-state index in [1.54, 1.807) is 0 Å². The fourth-order valence-corrected chi connectivity index (χ4v) is 1.44. The van der Waals surface area contributed by atoms with Crippen LogP contribution in [0, 0.1) is 0 Å². The molecule has 0 amide bonds. The number of nitrogens with two attached hydrogens (primary N) is 1. The van der Waals surface area contributed by atoms with Crippen molar-refractivity contribution in [2.24, 2.45) is 0 Å². The predicted octanol–water partition coefficient (Wildman–Crippen LogP) is 1.70. The van der Waals surface area contributed by atoms with E-state index >= 15 is 0 Å². The first-order valence-corrected chi connectivity index (χ1v) is 5.42. The number of aromatic nitrogens is 4. The van der Waals surface area contributed by atoms with E-state index in [0.29, 0.717) is 12.4 Å². The Bertz CT molecular complexity index is 577. The van der Waals surface area contributed by atoms with Gasteiger partial charge in [-0.1, -0.05) is 0 Å². The van der Waals surface area contributed by atoms with Gasteiger partial charge < -0.3 is 11.1 Å². The molecule has 0 aromatic carbocycles. The molecule has 102 valence electrons. The first kappa shape index (κ1) is 13.1. The Balaban J connectivity index is 2.38. The smallest absolute Gasteiger partial charge is 0.370 e. The summed E-state index contributed by atoms with van der Waals surface area (Å²) in [5.74, 6) is 0.547. The minimum atomic E-state index is -4.49. The van der Waals surface area contributed by atoms with Crippen molar-refractivity contribution in [1.82, 2.24) is 19.7 Å². The summed E-state index contributed by atoms with van der Waals surface area (Å²) in [7, 11) is 0. The monoisotopic (exact) mass is 272 g/mol. The summed E-state index contributed by atoms with van der Waals surface area (Å²) in [6.45, 7) is 2.45. The molecular weight excluding hydrogens is 261 g/mol. The normalized spacial score (nSPS) is 11.6. The summed E-state index contributed by atoms with van der Waals surface area (Å²) in [5, 5.41) is 6.31. The van der Waals surface area contributed by atoms with Gasteiger partial charge in [-0.3, -0.25) is 0 Å². The molecule has 2 heterocycles. The van der Waals surface area contributed by atoms with E-state index < -0.39 is 11.9 Å². The van der Waals surface area contributed by atoms with Gasteiger partial charge in [-0.25, -0.2) is 4.68 Å². The zero-order valence-corrected chi connectivity index (χ0v) is 9.94. The van der Waals surface area contributed by atoms with Gasteiger partial charge in [-0.05, 0) is 13.0 Å². The lowest BCUT2D eigenvalue weighted by atomic mass is 10.4. The van der Waals surface area contributed by atoms with Crippen LogP contribution in [-0.4, -0.2) is 26.3 Å². The molecule has 0 aliphatic carbocycles. The van der Waals surface area contributed by atoms with E-state index in [1.165, 1.54) is 12.3 Å². The fourth-order valence-electron chi connectivity index (χ4n) is 1.44. The second-order valence-corrected chi connectivity index (χ2v) is 3.64. The number of anilines is 2. The summed E-state index contributed by atoms with van der Waals surface area (Å²) in [5.41, 5.74) is 4.50. The highest BCUT2D eigenvalue weighted by Crippen LogP contribution is 2.27. The third-order valence-electron chi connectivity index (χ3n) is 2.20. The van der Waals surface area contributed by atoms with Crippen LogP contribution in [0.15, 0.2) is 18.3 Å². The van der Waals surface area contributed by atoms with Gasteiger partial charge in [-0.15, -0.1) is 0 Å². The second-order valence-electron chi connectivity index (χ2n) is 3.64. The standard InChI is InChI=1S/C10H11F3N6/c1-2-15-7-5-8(17-9(14)16-7)19-4-3-6(18-19)10(11,12)13/h3-5H,2H2,1H3,(H3,14,15,16,17). The van der Waals surface area contributed by atoms with E-state index in [1.807, 2.05) is 6.92 Å². The van der Waals surface area contributed by atoms with Crippen LogP contribution >= 0.6 is 0 Å². The van der Waals surface area contributed by atoms with Crippen LogP contribution in [0.5, 0.6) is 0 Å². The lowest BCUT2D eigenvalue weighted by Gasteiger charge is -2.06. The highest BCUT2D eigenvalue weighted by Gasteiger charge is 2.33. The van der Waals surface area contributed by atoms with Crippen LogP contribution in [0.25, 0.3) is 5.82 Å². The van der Waals surface area contributed by atoms with Crippen molar-refractivity contribution in [3.05, 3.63) is 24.0 Å². The highest BCUT2D eigenvalue weighted by atomic mass is 19.4. The van der Waals surface area contributed by atoms with Crippen molar-refractivity contribution in [2.75, 3.05) is 17.6 Å². The summed E-state index contributed by atoms with van der Waals surface area (Å²) >= 11 is 0. The van der Waals surface area contributed by atoms with E-state index in [-0.39, 0.29) is 11.8 Å². The number of hydrogen-bond acceptors (Lipinski definition) is 5. The third kappa shape index (κ3) is 2.92. The van der Waals surface area contributed by atoms with Crippen molar-refractivity contribution in [3.63, 3.8) is 0 Å². The van der Waals surface area contributed by atoms with Gasteiger partial charge in [0.15, 0.2) is 11.5 Å². The number of alkyl halides is 3. The minimum Gasteiger partial charge on any atom is -0.370 e. The van der Waals surface area contributed by atoms with Crippen molar-refractivity contribution in [2.45, 2.75) is 13.1 Å². The number of nitrogens with one attached hydrogen (secondary N) is 1. The quantitative estimate of drug-likeness (QED) is 0.888. The number of halogens is 3. The molecule has 19 heavy (non-hydrogen) atoms. The number of nitrogen functional groups attached to an aromatic ring is 1. The largest absolute Gasteiger partial charge is 0.435 e. The van der Waals surface area contributed by atoms with Crippen molar-refractivity contribution < 1.29 is 13.2 Å². The molecule has 0 aliphatic rings. The SMILES string of the molecule is CCNc1cc(-n2ccc(C(F)(F)F)n2)nc(N)n1. The summed E-state index contributed by atoms with van der Waals surface area (Å²) in [6.07, 6.45) is -3.32. The topological polar surface area (TPSA) is 81.7 Å². The first-order chi connectivity index (χ1) is 8.90. The van der Waals surface area contributed by atoms with Crippen LogP contribution in [0.2, 0.25) is 0 Å². The molecule has 0 saturated carbocycles. The molecule has 0 unspecified atom stereocenters. The summed E-state index contributed by atoms with van der Waals surface area (Å²) in [6, 6.07) is 2.33. The number of rotatable bonds is 3. The lowest BCUT2D eigenvalue weighted by Crippen LogP contribution is -2.10. The van der Waals surface area contributed by atoms with Crippen LogP contribution in [0.3, 0.4) is 0 Å². The molecular formula is C10H11F3N6. The molecule has 0 aliphatic heterocycles. The molecule has 0 radical (unpaired) electrons. The van der Waals surface area contributed by atoms with Crippen molar-refractivity contribution >= 4 is 11.8 Å². The minimum absolute atomic E-state index is 0.0440. The molecule has 2 aromatic rings. The average Bonchev–Trinajstić information content (AvgIpc) is 2.77. The molecule has 6 nitrogen and oxygen atoms in total. The Morgan fingerprint density at radius 2 is 2.11 bits per heavy atom. The van der Waals surface area contributed by atoms with Crippen LogP contribution in [-0.2, 0) is 6.18 Å². The van der Waals surface area contributed by atoms with Crippen LogP contribution in [0.1, 0.15) is 12.6 Å². The maximum absolute atomic E-state index is 12.5. The van der Waals surface area contributed by atoms with Crippen LogP contribution in [0.4, 0.5) is 24.9 Å². The molecule has 0 bridgehead atoms. The number of nitrogens with zero attached hydrogens (tertiary/aromatic N) is 4. The molecule has 3 N–H and O–H groups in total. The average molecular weight is 272 g/mol. The Morgan fingerprint density at radius 1 is 1.37 bits per heavy atom. The molecule has 0 spiro atoms. The molecule has 2 aromatic heterocycles. The maximum atomic E-state index is 12.5. The van der Waals surface area contributed by atoms with Gasteiger partial charge in [0, 0.05) is 18.8 Å². The summed E-state index contributed by atoms with van der Waals surface area (Å²) < 4.78 is 38.4. The second kappa shape index (κ2) is 4.75. The van der Waals surface area contributed by atoms with Crippen LogP contribution < -0.4 is 11.1 Å². The van der Waals surface area contributed by atoms with Crippen molar-refractivity contribution in [3.8, 4) is 5.82 Å². The fraction of sp³-hybridized carbons (Fsp3) is 0.300. The molecule has 2 rings (SSSR count). The summed E-state index contributed by atoms with van der Waals surface area (Å²) in [4.78, 5) is 7.74. The Labute approximate surface area is 106 Å². The van der Waals surface area contributed by atoms with E-state index in [0.717, 1.165) is 10.7 Å². The maximum Gasteiger partial charge on any atom is 0.435 e. The molecule has 0 saturated heterocycles. The van der Waals surface area contributed by atoms with Gasteiger partial charge in [0.05, 0.1) is 0 Å². The number of hydrogen-bond donors (Lipinski definition) is 2. The Kier molecular flexibility index (Phi) is 3.28. The zero-order chi connectivity index (χ0) is 14.0. The van der Waals surface area contributed by atoms with Gasteiger partial charge in [0.1, 0.15) is 5.82 Å². The van der Waals surface area contributed by atoms with Gasteiger partial charge in [0.25, 0.3) is 0 Å². The highest BCUT2D eigenvalue weighted by molar-refractivity contribution is 5.45. The predicted molar refractivity (Wildman–Crippen MR) is 62.7 cm³/mol. The van der Waals surface area contributed by atoms with Gasteiger partial charge in [0.2, 0.25) is 5.95 Å².